The highest BCUT2D eigenvalue weighted by Crippen LogP contribution is 2.33. The molecule has 1 aromatic carbocycles. The molecule has 0 bridgehead atoms. The van der Waals surface area contributed by atoms with Gasteiger partial charge in [0.2, 0.25) is 0 Å². The molecule has 2 N–H and O–H groups in total. The van der Waals surface area contributed by atoms with E-state index in [1.165, 1.54) is 18.4 Å². The molecule has 100 valence electrons. The van der Waals surface area contributed by atoms with E-state index >= 15 is 0 Å². The Balaban J connectivity index is 1.77. The molecule has 2 heteroatoms. The van der Waals surface area contributed by atoms with E-state index < -0.39 is 0 Å². The molecule has 0 unspecified atom stereocenters. The van der Waals surface area contributed by atoms with Crippen molar-refractivity contribution < 1.29 is 5.11 Å². The van der Waals surface area contributed by atoms with Crippen molar-refractivity contribution in [2.45, 2.75) is 45.2 Å². The lowest BCUT2D eigenvalue weighted by molar-refractivity contribution is 0.137. The third kappa shape index (κ3) is 3.56. The topological polar surface area (TPSA) is 32.3 Å². The Bertz CT molecular complexity index is 343. The quantitative estimate of drug-likeness (QED) is 0.810. The molecule has 0 spiro atoms. The van der Waals surface area contributed by atoms with Crippen LogP contribution >= 0.6 is 0 Å². The Morgan fingerprint density at radius 3 is 2.44 bits per heavy atom. The van der Waals surface area contributed by atoms with Crippen LogP contribution in [0.15, 0.2) is 30.3 Å². The van der Waals surface area contributed by atoms with Gasteiger partial charge in [-0.25, -0.2) is 0 Å². The molecule has 1 atom stereocenters. The van der Waals surface area contributed by atoms with Crippen LogP contribution in [0.4, 0.5) is 0 Å². The van der Waals surface area contributed by atoms with Gasteiger partial charge in [-0.1, -0.05) is 44.2 Å². The fourth-order valence-electron chi connectivity index (χ4n) is 2.75. The zero-order valence-corrected chi connectivity index (χ0v) is 11.5. The maximum atomic E-state index is 9.47. The molecule has 0 aromatic heterocycles. The molecule has 0 amide bonds. The minimum Gasteiger partial charge on any atom is -0.395 e. The number of nitrogens with one attached hydrogen (secondary N) is 1. The maximum absolute atomic E-state index is 9.47. The summed E-state index contributed by atoms with van der Waals surface area (Å²) in [6.07, 6.45) is 3.45. The van der Waals surface area contributed by atoms with Crippen molar-refractivity contribution in [1.29, 1.82) is 0 Å². The number of benzene rings is 1. The van der Waals surface area contributed by atoms with Crippen molar-refractivity contribution in [3.8, 4) is 0 Å². The molecule has 1 aliphatic carbocycles. The van der Waals surface area contributed by atoms with Crippen LogP contribution in [0.5, 0.6) is 0 Å². The Morgan fingerprint density at radius 1 is 1.22 bits per heavy atom. The van der Waals surface area contributed by atoms with Crippen molar-refractivity contribution in [1.82, 2.24) is 5.32 Å². The summed E-state index contributed by atoms with van der Waals surface area (Å²) in [7, 11) is 0. The van der Waals surface area contributed by atoms with Gasteiger partial charge in [0.15, 0.2) is 0 Å². The lowest BCUT2D eigenvalue weighted by Gasteiger charge is -2.40. The fraction of sp³-hybridized carbons (Fsp3) is 0.625. The number of rotatable bonds is 6. The molecule has 2 rings (SSSR count). The largest absolute Gasteiger partial charge is 0.395 e. The second-order valence-electron chi connectivity index (χ2n) is 5.91. The predicted molar refractivity (Wildman–Crippen MR) is 75.5 cm³/mol. The summed E-state index contributed by atoms with van der Waals surface area (Å²) in [5.41, 5.74) is 1.30. The van der Waals surface area contributed by atoms with E-state index in [1.54, 1.807) is 0 Å². The van der Waals surface area contributed by atoms with E-state index in [4.69, 9.17) is 0 Å². The molecule has 2 nitrogen and oxygen atoms in total. The van der Waals surface area contributed by atoms with Crippen LogP contribution in [-0.2, 0) is 6.42 Å². The van der Waals surface area contributed by atoms with Gasteiger partial charge in [-0.2, -0.15) is 0 Å². The van der Waals surface area contributed by atoms with Gasteiger partial charge in [-0.05, 0) is 36.7 Å². The van der Waals surface area contributed by atoms with Crippen molar-refractivity contribution in [2.24, 2.45) is 11.8 Å². The summed E-state index contributed by atoms with van der Waals surface area (Å²) in [4.78, 5) is 0. The minimum absolute atomic E-state index is 0.200. The van der Waals surface area contributed by atoms with E-state index in [2.05, 4.69) is 43.4 Å². The summed E-state index contributed by atoms with van der Waals surface area (Å²) in [6.45, 7) is 4.82. The third-order valence-electron chi connectivity index (χ3n) is 4.13. The van der Waals surface area contributed by atoms with Gasteiger partial charge >= 0.3 is 0 Å². The van der Waals surface area contributed by atoms with E-state index in [1.807, 2.05) is 6.07 Å². The van der Waals surface area contributed by atoms with Gasteiger partial charge in [0.05, 0.1) is 6.61 Å². The van der Waals surface area contributed by atoms with E-state index in [0.717, 1.165) is 18.3 Å². The van der Waals surface area contributed by atoms with Crippen LogP contribution in [0.2, 0.25) is 0 Å². The highest BCUT2D eigenvalue weighted by Gasteiger charge is 2.32. The molecule has 1 saturated carbocycles. The molecule has 1 aromatic rings. The first-order valence-corrected chi connectivity index (χ1v) is 7.10. The summed E-state index contributed by atoms with van der Waals surface area (Å²) < 4.78 is 0. The predicted octanol–water partition coefficient (Wildman–Crippen LogP) is 2.61. The number of hydrogen-bond donors (Lipinski definition) is 2. The van der Waals surface area contributed by atoms with Crippen LogP contribution in [0.3, 0.4) is 0 Å². The standard InChI is InChI=1S/C16H25NO/c1-12(2)14-9-15(10-14)17-16(11-18)8-13-6-4-3-5-7-13/h3-7,12,14-18H,8-11H2,1-2H3/t14?,15?,16-/m1/s1. The second kappa shape index (κ2) is 6.35. The van der Waals surface area contributed by atoms with E-state index in [0.29, 0.717) is 6.04 Å². The van der Waals surface area contributed by atoms with Gasteiger partial charge < -0.3 is 10.4 Å². The second-order valence-corrected chi connectivity index (χ2v) is 5.91. The summed E-state index contributed by atoms with van der Waals surface area (Å²) >= 11 is 0. The Hall–Kier alpha value is -0.860. The molecular weight excluding hydrogens is 222 g/mol. The molecule has 18 heavy (non-hydrogen) atoms. The average molecular weight is 247 g/mol. The van der Waals surface area contributed by atoms with Crippen molar-refractivity contribution in [3.05, 3.63) is 35.9 Å². The maximum Gasteiger partial charge on any atom is 0.0587 e. The Morgan fingerprint density at radius 2 is 1.89 bits per heavy atom. The molecular formula is C16H25NO. The molecule has 1 fully saturated rings. The molecule has 1 aliphatic rings. The van der Waals surface area contributed by atoms with Gasteiger partial charge in [-0.3, -0.25) is 0 Å². The Labute approximate surface area is 110 Å². The molecule has 0 aliphatic heterocycles. The summed E-state index contributed by atoms with van der Waals surface area (Å²) in [5.74, 6) is 1.67. The van der Waals surface area contributed by atoms with Crippen LogP contribution < -0.4 is 5.32 Å². The number of hydrogen-bond acceptors (Lipinski definition) is 2. The lowest BCUT2D eigenvalue weighted by Crippen LogP contribution is -2.49. The number of aliphatic hydroxyl groups excluding tert-OH is 1. The summed E-state index contributed by atoms with van der Waals surface area (Å²) in [6, 6.07) is 11.2. The van der Waals surface area contributed by atoms with Crippen molar-refractivity contribution >= 4 is 0 Å². The Kier molecular flexibility index (Phi) is 4.79. The van der Waals surface area contributed by atoms with Gasteiger partial charge in [-0.15, -0.1) is 0 Å². The zero-order valence-electron chi connectivity index (χ0n) is 11.5. The first-order chi connectivity index (χ1) is 8.69. The van der Waals surface area contributed by atoms with Crippen molar-refractivity contribution in [2.75, 3.05) is 6.61 Å². The zero-order chi connectivity index (χ0) is 13.0. The van der Waals surface area contributed by atoms with E-state index in [9.17, 15) is 5.11 Å². The number of aliphatic hydroxyl groups is 1. The lowest BCUT2D eigenvalue weighted by atomic mass is 9.73. The highest BCUT2D eigenvalue weighted by molar-refractivity contribution is 5.16. The van der Waals surface area contributed by atoms with Gasteiger partial charge in [0.25, 0.3) is 0 Å². The van der Waals surface area contributed by atoms with Crippen LogP contribution in [0, 0.1) is 11.8 Å². The van der Waals surface area contributed by atoms with Gasteiger partial charge in [0, 0.05) is 12.1 Å². The first-order valence-electron chi connectivity index (χ1n) is 7.10. The summed E-state index contributed by atoms with van der Waals surface area (Å²) in [5, 5.41) is 13.1. The van der Waals surface area contributed by atoms with Crippen LogP contribution in [-0.4, -0.2) is 23.8 Å². The normalized spacial score (nSPS) is 24.9. The smallest absolute Gasteiger partial charge is 0.0587 e. The molecule has 0 radical (unpaired) electrons. The third-order valence-corrected chi connectivity index (χ3v) is 4.13. The SMILES string of the molecule is CC(C)C1CC(N[C@@H](CO)Cc2ccccc2)C1. The van der Waals surface area contributed by atoms with Crippen LogP contribution in [0.1, 0.15) is 32.3 Å². The minimum atomic E-state index is 0.200. The average Bonchev–Trinajstić information content (AvgIpc) is 2.32. The monoisotopic (exact) mass is 247 g/mol. The fourth-order valence-corrected chi connectivity index (χ4v) is 2.75. The van der Waals surface area contributed by atoms with Crippen molar-refractivity contribution in [3.63, 3.8) is 0 Å². The first kappa shape index (κ1) is 13.6. The highest BCUT2D eigenvalue weighted by atomic mass is 16.3. The molecule has 0 heterocycles. The van der Waals surface area contributed by atoms with Gasteiger partial charge in [0.1, 0.15) is 0 Å². The van der Waals surface area contributed by atoms with Crippen LogP contribution in [0.25, 0.3) is 0 Å². The molecule has 0 saturated heterocycles. The van der Waals surface area contributed by atoms with E-state index in [-0.39, 0.29) is 12.6 Å².